The molecule has 102 heavy (non-hydrogen) atoms. The number of para-hydroxylation sites is 3. The maximum atomic E-state index is 14.0. The quantitative estimate of drug-likeness (QED) is 0.0744. The number of rotatable bonds is 15. The van der Waals surface area contributed by atoms with Gasteiger partial charge in [-0.3, -0.25) is 42.5 Å². The van der Waals surface area contributed by atoms with Crippen LogP contribution in [0.1, 0.15) is 105 Å². The van der Waals surface area contributed by atoms with Crippen LogP contribution in [0.5, 0.6) is 5.75 Å². The minimum atomic E-state index is -0.492. The maximum Gasteiger partial charge on any atom is 0.267 e. The normalized spacial score (nSPS) is 11.9. The van der Waals surface area contributed by atoms with Crippen molar-refractivity contribution < 1.29 is 19.1 Å². The number of aryl methyl sites for hydroxylation is 3. The van der Waals surface area contributed by atoms with E-state index in [0.717, 1.165) is 22.1 Å². The summed E-state index contributed by atoms with van der Waals surface area (Å²) in [6, 6.07) is 54.9. The summed E-state index contributed by atoms with van der Waals surface area (Å²) in [6.45, 7) is 13.3. The van der Waals surface area contributed by atoms with Crippen LogP contribution < -0.4 is 42.7 Å². The Morgan fingerprint density at radius 2 is 0.863 bits per heavy atom. The Morgan fingerprint density at radius 1 is 0.461 bits per heavy atom. The van der Waals surface area contributed by atoms with Gasteiger partial charge in [-0.05, 0) is 156 Å². The molecule has 0 unspecified atom stereocenters. The topological polar surface area (TPSA) is 265 Å². The third-order valence-electron chi connectivity index (χ3n) is 17.3. The van der Waals surface area contributed by atoms with Crippen molar-refractivity contribution in [1.82, 2.24) is 73.4 Å². The molecule has 15 aromatic rings. The lowest BCUT2D eigenvalue weighted by atomic mass is 10.0. The van der Waals surface area contributed by atoms with Crippen molar-refractivity contribution in [3.63, 3.8) is 0 Å². The standard InChI is InChI=1S/C28H28N6O2.C26H23N5O3.C24H18ClN5O2/c1-17(2)30-22-13-8-10-20-16-23(34(28(36)25(20)22)21-11-6-5-7-12-21)18(3)31-27(35)24-19(4)32-33-15-9-14-29-26(24)33;1-16(28-25(32)22-17(2)29-30-14-8-13-27-24(22)30)20-15-18-9-7-12-21(34-3)23(18)26(33)31(20)19-10-5-4-6-11-19;1-15-20(22-26-11-6-12-29(22)28-15)23(31)27-14-18-13-16-7-5-10-19(25)21(16)24(32)30(18)17-8-3-2-4-9-17/h5-18,30H,1-4H3,(H,31,35);4-16H,1-3H3,(H,28,32);2-13H,14H2,1H3,(H,27,31)/t18-;16-;/m00./s1. The Balaban J connectivity index is 0.000000137. The number of nitrogens with one attached hydrogen (secondary N) is 4. The average Bonchev–Trinajstić information content (AvgIpc) is 1.25. The smallest absolute Gasteiger partial charge is 0.267 e. The molecule has 0 bridgehead atoms. The number of hydrogen-bond donors (Lipinski definition) is 4. The molecule has 0 aliphatic heterocycles. The molecular weight excluding hydrogens is 1310 g/mol. The van der Waals surface area contributed by atoms with Gasteiger partial charge in [-0.15, -0.1) is 0 Å². The molecule has 2 atom stereocenters. The third-order valence-corrected chi connectivity index (χ3v) is 17.6. The minimum absolute atomic E-state index is 0.134. The molecule has 4 N–H and O–H groups in total. The molecule has 0 aliphatic rings. The summed E-state index contributed by atoms with van der Waals surface area (Å²) in [5.41, 5.74) is 8.67. The van der Waals surface area contributed by atoms with Crippen molar-refractivity contribution in [2.45, 2.75) is 73.1 Å². The molecule has 24 heteroatoms. The van der Waals surface area contributed by atoms with Gasteiger partial charge in [0.15, 0.2) is 16.9 Å². The highest BCUT2D eigenvalue weighted by molar-refractivity contribution is 6.35. The van der Waals surface area contributed by atoms with Gasteiger partial charge in [-0.2, -0.15) is 15.3 Å². The SMILES string of the molecule is COc1cccc2cc([C@H](C)NC(=O)c3c(C)nn4cccnc34)n(-c3ccccc3)c(=O)c12.Cc1nn2cccnc2c1C(=O)NCc1cc2cccc(Cl)c2c(=O)n1-c1ccccc1.Cc1nn2cccnc2c1C(=O)N[C@@H](C)c1cc2cccc(NC(C)C)c2c(=O)n1-c1ccccc1. The Bertz CT molecular complexity index is 5910. The Hall–Kier alpha value is -12.9. The Labute approximate surface area is 588 Å². The van der Waals surface area contributed by atoms with Crippen LogP contribution in [-0.4, -0.2) is 88.4 Å². The minimum Gasteiger partial charge on any atom is -0.496 e. The maximum absolute atomic E-state index is 14.0. The summed E-state index contributed by atoms with van der Waals surface area (Å²) in [6.07, 6.45) is 10.1. The predicted octanol–water partition coefficient (Wildman–Crippen LogP) is 12.4. The summed E-state index contributed by atoms with van der Waals surface area (Å²) >= 11 is 6.34. The first-order valence-corrected chi connectivity index (χ1v) is 33.2. The number of aromatic nitrogens is 12. The second kappa shape index (κ2) is 28.9. The van der Waals surface area contributed by atoms with Crippen molar-refractivity contribution in [3.8, 4) is 22.8 Å². The predicted molar refractivity (Wildman–Crippen MR) is 395 cm³/mol. The Morgan fingerprint density at radius 3 is 1.32 bits per heavy atom. The first-order chi connectivity index (χ1) is 49.4. The molecule has 0 aliphatic carbocycles. The zero-order chi connectivity index (χ0) is 71.5. The van der Waals surface area contributed by atoms with E-state index in [1.54, 1.807) is 129 Å². The highest BCUT2D eigenvalue weighted by atomic mass is 35.5. The first kappa shape index (κ1) is 67.7. The molecule has 23 nitrogen and oxygen atoms in total. The molecule has 9 aromatic heterocycles. The van der Waals surface area contributed by atoms with Gasteiger partial charge < -0.3 is 26.0 Å². The number of carbonyl (C=O) groups is 3. The van der Waals surface area contributed by atoms with Gasteiger partial charge >= 0.3 is 0 Å². The number of ether oxygens (including phenoxy) is 1. The van der Waals surface area contributed by atoms with Crippen molar-refractivity contribution in [2.75, 3.05) is 12.4 Å². The Kier molecular flexibility index (Phi) is 19.2. The average molecular weight is 1380 g/mol. The lowest BCUT2D eigenvalue weighted by Gasteiger charge is -2.22. The van der Waals surface area contributed by atoms with Crippen LogP contribution in [0.4, 0.5) is 5.69 Å². The van der Waals surface area contributed by atoms with Crippen LogP contribution in [-0.2, 0) is 6.54 Å². The van der Waals surface area contributed by atoms with E-state index in [1.165, 1.54) is 0 Å². The van der Waals surface area contributed by atoms with E-state index in [4.69, 9.17) is 16.3 Å². The van der Waals surface area contributed by atoms with E-state index < -0.39 is 12.1 Å². The fourth-order valence-corrected chi connectivity index (χ4v) is 13.0. The second-order valence-electron chi connectivity index (χ2n) is 24.5. The number of benzene rings is 6. The number of fused-ring (bicyclic) bond motifs is 6. The summed E-state index contributed by atoms with van der Waals surface area (Å²) in [7, 11) is 1.55. The van der Waals surface area contributed by atoms with Gasteiger partial charge in [0.25, 0.3) is 34.4 Å². The molecule has 3 amide bonds. The summed E-state index contributed by atoms with van der Waals surface area (Å²) in [5.74, 6) is -0.412. The largest absolute Gasteiger partial charge is 0.496 e. The second-order valence-corrected chi connectivity index (χ2v) is 24.9. The van der Waals surface area contributed by atoms with Crippen molar-refractivity contribution >= 4 is 84.3 Å². The lowest BCUT2D eigenvalue weighted by molar-refractivity contribution is 0.0931. The van der Waals surface area contributed by atoms with Gasteiger partial charge in [0.1, 0.15) is 22.4 Å². The van der Waals surface area contributed by atoms with Crippen molar-refractivity contribution in [1.29, 1.82) is 0 Å². The third kappa shape index (κ3) is 13.2. The monoisotopic (exact) mass is 1380 g/mol. The number of halogens is 1. The number of anilines is 1. The summed E-state index contributed by atoms with van der Waals surface area (Å²) in [5, 5.41) is 29.7. The molecule has 0 spiro atoms. The van der Waals surface area contributed by atoms with Crippen LogP contribution in [0, 0.1) is 20.8 Å². The number of pyridine rings is 3. The zero-order valence-electron chi connectivity index (χ0n) is 56.8. The lowest BCUT2D eigenvalue weighted by Crippen LogP contribution is -2.32. The molecular formula is C78H69ClN16O7. The van der Waals surface area contributed by atoms with Crippen molar-refractivity contribution in [3.05, 3.63) is 306 Å². The van der Waals surface area contributed by atoms with E-state index in [9.17, 15) is 28.8 Å². The van der Waals surface area contributed by atoms with Gasteiger partial charge in [0.2, 0.25) is 0 Å². The summed E-state index contributed by atoms with van der Waals surface area (Å²) in [4.78, 5) is 93.8. The van der Waals surface area contributed by atoms with Gasteiger partial charge in [0, 0.05) is 83.1 Å². The van der Waals surface area contributed by atoms with Gasteiger partial charge in [-0.25, -0.2) is 28.5 Å². The van der Waals surface area contributed by atoms with E-state index in [2.05, 4.69) is 51.5 Å². The van der Waals surface area contributed by atoms with Gasteiger partial charge in [0.05, 0.1) is 64.0 Å². The van der Waals surface area contributed by atoms with Crippen LogP contribution in [0.15, 0.2) is 234 Å². The van der Waals surface area contributed by atoms with E-state index in [1.807, 2.05) is 173 Å². The number of hydrogen-bond acceptors (Lipinski definition) is 14. The molecule has 9 heterocycles. The van der Waals surface area contributed by atoms with E-state index in [-0.39, 0.29) is 47.0 Å². The van der Waals surface area contributed by atoms with E-state index >= 15 is 0 Å². The molecule has 0 saturated heterocycles. The highest BCUT2D eigenvalue weighted by Crippen LogP contribution is 2.31. The molecule has 15 rings (SSSR count). The van der Waals surface area contributed by atoms with Gasteiger partial charge in [-0.1, -0.05) is 103 Å². The number of methoxy groups -OCH3 is 1. The first-order valence-electron chi connectivity index (χ1n) is 32.9. The number of carbonyl (C=O) groups excluding carboxylic acids is 3. The fraction of sp³-hybridized carbons (Fsp3) is 0.154. The number of nitrogens with zero attached hydrogens (tertiary/aromatic N) is 12. The fourth-order valence-electron chi connectivity index (χ4n) is 12.8. The molecule has 0 fully saturated rings. The number of amides is 3. The van der Waals surface area contributed by atoms with Crippen LogP contribution in [0.2, 0.25) is 5.02 Å². The van der Waals surface area contributed by atoms with Crippen molar-refractivity contribution in [2.24, 2.45) is 0 Å². The molecule has 6 aromatic carbocycles. The van der Waals surface area contributed by atoms with E-state index in [0.29, 0.717) is 111 Å². The summed E-state index contributed by atoms with van der Waals surface area (Å²) < 4.78 is 15.1. The molecule has 510 valence electrons. The van der Waals surface area contributed by atoms with Crippen LogP contribution in [0.3, 0.4) is 0 Å². The molecule has 0 radical (unpaired) electrons. The van der Waals surface area contributed by atoms with Crippen LogP contribution >= 0.6 is 11.6 Å². The highest BCUT2D eigenvalue weighted by Gasteiger charge is 2.27. The molecule has 0 saturated carbocycles. The van der Waals surface area contributed by atoms with Crippen LogP contribution in [0.25, 0.3) is 66.3 Å². The zero-order valence-corrected chi connectivity index (χ0v) is 57.6.